The summed E-state index contributed by atoms with van der Waals surface area (Å²) in [5, 5.41) is 10.3. The first kappa shape index (κ1) is 19.2. The molecule has 2 aliphatic rings. The lowest BCUT2D eigenvalue weighted by Crippen LogP contribution is -2.60. The van der Waals surface area contributed by atoms with Crippen LogP contribution in [0, 0.1) is 11.3 Å². The lowest BCUT2D eigenvalue weighted by molar-refractivity contribution is 0.0198. The topological polar surface area (TPSA) is 79.6 Å². The molecule has 0 bridgehead atoms. The maximum absolute atomic E-state index is 11.9. The van der Waals surface area contributed by atoms with Gasteiger partial charge in [-0.05, 0) is 38.0 Å². The van der Waals surface area contributed by atoms with Crippen LogP contribution >= 0.6 is 0 Å². The standard InChI is InChI=1S/C19H32N4O3/c1-13(2)20-18(24)21-17-10-14(19(17,3)4)9-15-11-16(26-22-15)12-23-5-7-25-8-6-23/h11,13-14,17H,5-10,12H2,1-4H3,(H2,20,21,24)/t14-,17+/m1/s1. The fraction of sp³-hybridized carbons (Fsp3) is 0.789. The molecule has 1 saturated heterocycles. The van der Waals surface area contributed by atoms with E-state index in [1.807, 2.05) is 13.8 Å². The summed E-state index contributed by atoms with van der Waals surface area (Å²) < 4.78 is 10.9. The molecule has 1 aromatic rings. The molecule has 0 spiro atoms. The van der Waals surface area contributed by atoms with Gasteiger partial charge in [-0.3, -0.25) is 4.90 Å². The van der Waals surface area contributed by atoms with E-state index in [2.05, 4.69) is 40.6 Å². The Morgan fingerprint density at radius 1 is 1.38 bits per heavy atom. The highest BCUT2D eigenvalue weighted by Gasteiger charge is 2.48. The summed E-state index contributed by atoms with van der Waals surface area (Å²) in [6, 6.07) is 2.35. The Morgan fingerprint density at radius 3 is 2.77 bits per heavy atom. The van der Waals surface area contributed by atoms with Crippen molar-refractivity contribution in [2.75, 3.05) is 26.3 Å². The fourth-order valence-electron chi connectivity index (χ4n) is 3.83. The van der Waals surface area contributed by atoms with Gasteiger partial charge in [0.1, 0.15) is 0 Å². The van der Waals surface area contributed by atoms with Crippen LogP contribution in [0.15, 0.2) is 10.6 Å². The third-order valence-electron chi connectivity index (χ3n) is 5.74. The summed E-state index contributed by atoms with van der Waals surface area (Å²) >= 11 is 0. The minimum atomic E-state index is -0.0780. The Labute approximate surface area is 155 Å². The SMILES string of the molecule is CC(C)NC(=O)N[C@H]1C[C@@H](Cc2cc(CN3CCOCC3)on2)C1(C)C. The highest BCUT2D eigenvalue weighted by atomic mass is 16.5. The lowest BCUT2D eigenvalue weighted by Gasteiger charge is -2.52. The van der Waals surface area contributed by atoms with Crippen molar-refractivity contribution in [3.8, 4) is 0 Å². The van der Waals surface area contributed by atoms with Gasteiger partial charge in [0.05, 0.1) is 25.5 Å². The van der Waals surface area contributed by atoms with E-state index in [4.69, 9.17) is 9.26 Å². The predicted octanol–water partition coefficient (Wildman–Crippen LogP) is 2.17. The van der Waals surface area contributed by atoms with Gasteiger partial charge in [0, 0.05) is 31.2 Å². The number of hydrogen-bond donors (Lipinski definition) is 2. The maximum atomic E-state index is 11.9. The van der Waals surface area contributed by atoms with E-state index in [0.29, 0.717) is 5.92 Å². The molecule has 1 aliphatic carbocycles. The van der Waals surface area contributed by atoms with E-state index in [1.165, 1.54) is 0 Å². The van der Waals surface area contributed by atoms with E-state index in [0.717, 1.165) is 57.1 Å². The van der Waals surface area contributed by atoms with Gasteiger partial charge in [-0.2, -0.15) is 0 Å². The molecule has 146 valence electrons. The van der Waals surface area contributed by atoms with E-state index in [-0.39, 0.29) is 23.5 Å². The number of carbonyl (C=O) groups is 1. The molecule has 1 saturated carbocycles. The Balaban J connectivity index is 1.48. The highest BCUT2D eigenvalue weighted by molar-refractivity contribution is 5.74. The van der Waals surface area contributed by atoms with Gasteiger partial charge in [0.25, 0.3) is 0 Å². The van der Waals surface area contributed by atoms with Crippen molar-refractivity contribution < 1.29 is 14.1 Å². The van der Waals surface area contributed by atoms with Crippen LogP contribution in [0.2, 0.25) is 0 Å². The molecule has 26 heavy (non-hydrogen) atoms. The van der Waals surface area contributed by atoms with Crippen molar-refractivity contribution in [1.82, 2.24) is 20.7 Å². The van der Waals surface area contributed by atoms with Gasteiger partial charge in [0.15, 0.2) is 5.76 Å². The first-order valence-corrected chi connectivity index (χ1v) is 9.66. The molecule has 7 nitrogen and oxygen atoms in total. The molecule has 0 radical (unpaired) electrons. The van der Waals surface area contributed by atoms with E-state index in [1.54, 1.807) is 0 Å². The average molecular weight is 364 g/mol. The largest absolute Gasteiger partial charge is 0.379 e. The molecule has 3 rings (SSSR count). The summed E-state index contributed by atoms with van der Waals surface area (Å²) in [4.78, 5) is 14.3. The van der Waals surface area contributed by atoms with Crippen LogP contribution in [-0.4, -0.2) is 54.5 Å². The number of morpholine rings is 1. The number of nitrogens with zero attached hydrogens (tertiary/aromatic N) is 2. The number of urea groups is 1. The molecule has 2 N–H and O–H groups in total. The zero-order valence-electron chi connectivity index (χ0n) is 16.4. The number of amides is 2. The first-order chi connectivity index (χ1) is 12.3. The minimum absolute atomic E-state index is 0.0532. The van der Waals surface area contributed by atoms with E-state index < -0.39 is 0 Å². The Morgan fingerprint density at radius 2 is 2.12 bits per heavy atom. The van der Waals surface area contributed by atoms with Crippen molar-refractivity contribution in [1.29, 1.82) is 0 Å². The summed E-state index contributed by atoms with van der Waals surface area (Å²) in [7, 11) is 0. The summed E-state index contributed by atoms with van der Waals surface area (Å²) in [6.07, 6.45) is 1.87. The molecule has 1 aliphatic heterocycles. The second kappa shape index (κ2) is 7.96. The average Bonchev–Trinajstić information content (AvgIpc) is 3.01. The molecular formula is C19H32N4O3. The van der Waals surface area contributed by atoms with Crippen LogP contribution in [0.3, 0.4) is 0 Å². The fourth-order valence-corrected chi connectivity index (χ4v) is 3.83. The van der Waals surface area contributed by atoms with Crippen molar-refractivity contribution in [2.24, 2.45) is 11.3 Å². The first-order valence-electron chi connectivity index (χ1n) is 9.66. The Kier molecular flexibility index (Phi) is 5.87. The molecule has 0 aromatic carbocycles. The third-order valence-corrected chi connectivity index (χ3v) is 5.74. The second-order valence-electron chi connectivity index (χ2n) is 8.46. The number of hydrogen-bond acceptors (Lipinski definition) is 5. The monoisotopic (exact) mass is 364 g/mol. The highest BCUT2D eigenvalue weighted by Crippen LogP contribution is 2.47. The molecule has 0 unspecified atom stereocenters. The Bertz CT molecular complexity index is 608. The molecule has 2 heterocycles. The zero-order chi connectivity index (χ0) is 18.7. The van der Waals surface area contributed by atoms with Crippen LogP contribution < -0.4 is 10.6 Å². The van der Waals surface area contributed by atoms with Crippen molar-refractivity contribution in [2.45, 2.75) is 59.2 Å². The zero-order valence-corrected chi connectivity index (χ0v) is 16.4. The van der Waals surface area contributed by atoms with Crippen molar-refractivity contribution in [3.05, 3.63) is 17.5 Å². The van der Waals surface area contributed by atoms with Crippen LogP contribution in [0.4, 0.5) is 4.79 Å². The Hall–Kier alpha value is -1.60. The van der Waals surface area contributed by atoms with Gasteiger partial charge in [0.2, 0.25) is 0 Å². The smallest absolute Gasteiger partial charge is 0.315 e. The van der Waals surface area contributed by atoms with Gasteiger partial charge >= 0.3 is 6.03 Å². The molecule has 2 amide bonds. The maximum Gasteiger partial charge on any atom is 0.315 e. The summed E-state index contributed by atoms with van der Waals surface area (Å²) in [5.41, 5.74) is 1.06. The number of nitrogens with one attached hydrogen (secondary N) is 2. The summed E-state index contributed by atoms with van der Waals surface area (Å²) in [5.74, 6) is 1.42. The van der Waals surface area contributed by atoms with Crippen LogP contribution in [-0.2, 0) is 17.7 Å². The van der Waals surface area contributed by atoms with Crippen LogP contribution in [0.25, 0.3) is 0 Å². The summed E-state index contributed by atoms with van der Waals surface area (Å²) in [6.45, 7) is 12.6. The number of ether oxygens (including phenoxy) is 1. The molecule has 7 heteroatoms. The van der Waals surface area contributed by atoms with Gasteiger partial charge in [-0.1, -0.05) is 19.0 Å². The van der Waals surface area contributed by atoms with Crippen molar-refractivity contribution >= 4 is 6.03 Å². The van der Waals surface area contributed by atoms with E-state index >= 15 is 0 Å². The van der Waals surface area contributed by atoms with Gasteiger partial charge < -0.3 is 19.9 Å². The normalized spacial score (nSPS) is 25.7. The molecule has 2 fully saturated rings. The number of rotatable bonds is 6. The van der Waals surface area contributed by atoms with Gasteiger partial charge in [-0.15, -0.1) is 0 Å². The van der Waals surface area contributed by atoms with E-state index in [9.17, 15) is 4.79 Å². The predicted molar refractivity (Wildman–Crippen MR) is 98.8 cm³/mol. The van der Waals surface area contributed by atoms with Gasteiger partial charge in [-0.25, -0.2) is 4.79 Å². The third kappa shape index (κ3) is 4.57. The van der Waals surface area contributed by atoms with Crippen LogP contribution in [0.1, 0.15) is 45.6 Å². The quantitative estimate of drug-likeness (QED) is 0.809. The number of carbonyl (C=O) groups excluding carboxylic acids is 1. The minimum Gasteiger partial charge on any atom is -0.379 e. The molecule has 2 atom stereocenters. The number of aromatic nitrogens is 1. The van der Waals surface area contributed by atoms with Crippen LogP contribution in [0.5, 0.6) is 0 Å². The van der Waals surface area contributed by atoms with Crippen molar-refractivity contribution in [3.63, 3.8) is 0 Å². The second-order valence-corrected chi connectivity index (χ2v) is 8.46. The molecule has 1 aromatic heterocycles. The lowest BCUT2D eigenvalue weighted by atomic mass is 9.57. The molecular weight excluding hydrogens is 332 g/mol.